The normalized spacial score (nSPS) is 23.0. The molecule has 1 aliphatic carbocycles. The highest BCUT2D eigenvalue weighted by molar-refractivity contribution is 6.32. The van der Waals surface area contributed by atoms with Gasteiger partial charge in [-0.15, -0.1) is 0 Å². The van der Waals surface area contributed by atoms with Gasteiger partial charge >= 0.3 is 0 Å². The van der Waals surface area contributed by atoms with Crippen LogP contribution in [0.25, 0.3) is 6.08 Å². The Kier molecular flexibility index (Phi) is 5.01. The molecule has 6 rings (SSSR count). The summed E-state index contributed by atoms with van der Waals surface area (Å²) < 4.78 is 6.00. The van der Waals surface area contributed by atoms with E-state index in [0.717, 1.165) is 16.8 Å². The predicted octanol–water partition coefficient (Wildman–Crippen LogP) is 5.42. The minimum atomic E-state index is -1.48. The lowest BCUT2D eigenvalue weighted by Crippen LogP contribution is -2.48. The van der Waals surface area contributed by atoms with E-state index in [1.807, 2.05) is 73.4 Å². The quantitative estimate of drug-likeness (QED) is 0.470. The van der Waals surface area contributed by atoms with Crippen molar-refractivity contribution in [3.8, 4) is 5.75 Å². The van der Waals surface area contributed by atoms with Crippen LogP contribution in [0.1, 0.15) is 57.2 Å². The lowest BCUT2D eigenvalue weighted by atomic mass is 9.64. The lowest BCUT2D eigenvalue weighted by molar-refractivity contribution is -0.118. The number of hydrogen-bond donors (Lipinski definition) is 0. The zero-order valence-corrected chi connectivity index (χ0v) is 20.5. The maximum Gasteiger partial charge on any atom is 0.180 e. The Morgan fingerprint density at radius 3 is 2.31 bits per heavy atom. The summed E-state index contributed by atoms with van der Waals surface area (Å²) in [6, 6.07) is 19.3. The number of rotatable bonds is 4. The van der Waals surface area contributed by atoms with Crippen molar-refractivity contribution in [3.05, 3.63) is 101 Å². The molecule has 0 amide bonds. The molecule has 2 heterocycles. The molecule has 1 fully saturated rings. The van der Waals surface area contributed by atoms with Crippen LogP contribution in [0, 0.1) is 12.3 Å². The molecule has 1 spiro atoms. The van der Waals surface area contributed by atoms with Gasteiger partial charge in [0, 0.05) is 28.3 Å². The number of carbonyl (C=O) groups excluding carboxylic acids is 3. The van der Waals surface area contributed by atoms with Gasteiger partial charge in [-0.1, -0.05) is 66.7 Å². The van der Waals surface area contributed by atoms with Gasteiger partial charge in [0.15, 0.2) is 17.3 Å². The molecule has 3 aliphatic rings. The summed E-state index contributed by atoms with van der Waals surface area (Å²) in [5.74, 6) is -0.656. The van der Waals surface area contributed by atoms with E-state index in [1.54, 1.807) is 31.2 Å². The van der Waals surface area contributed by atoms with Gasteiger partial charge in [0.05, 0.1) is 18.7 Å². The van der Waals surface area contributed by atoms with E-state index in [-0.39, 0.29) is 17.3 Å². The number of fused-ring (bicyclic) bond motifs is 5. The van der Waals surface area contributed by atoms with E-state index in [2.05, 4.69) is 0 Å². The molecular weight excluding hydrogens is 450 g/mol. The topological polar surface area (TPSA) is 63.7 Å². The fraction of sp³-hybridized carbons (Fsp3) is 0.258. The van der Waals surface area contributed by atoms with Crippen LogP contribution in [0.2, 0.25) is 0 Å². The van der Waals surface area contributed by atoms with Gasteiger partial charge < -0.3 is 9.64 Å². The maximum absolute atomic E-state index is 14.5. The van der Waals surface area contributed by atoms with E-state index in [0.29, 0.717) is 29.0 Å². The smallest absolute Gasteiger partial charge is 0.180 e. The Morgan fingerprint density at radius 1 is 0.972 bits per heavy atom. The van der Waals surface area contributed by atoms with Crippen LogP contribution in [0.4, 0.5) is 5.69 Å². The molecule has 2 aliphatic heterocycles. The van der Waals surface area contributed by atoms with Crippen LogP contribution in [-0.2, 0) is 4.79 Å². The van der Waals surface area contributed by atoms with Gasteiger partial charge in [0.2, 0.25) is 0 Å². The average Bonchev–Trinajstić information content (AvgIpc) is 3.31. The summed E-state index contributed by atoms with van der Waals surface area (Å²) in [7, 11) is 0. The van der Waals surface area contributed by atoms with Crippen molar-refractivity contribution in [1.82, 2.24) is 0 Å². The van der Waals surface area contributed by atoms with Gasteiger partial charge in [-0.2, -0.15) is 0 Å². The zero-order valence-electron chi connectivity index (χ0n) is 20.5. The molecule has 0 radical (unpaired) electrons. The number of nitrogens with zero attached hydrogens (tertiary/aromatic N) is 1. The second kappa shape index (κ2) is 8.02. The molecule has 36 heavy (non-hydrogen) atoms. The highest BCUT2D eigenvalue weighted by atomic mass is 16.5. The molecule has 0 bridgehead atoms. The van der Waals surface area contributed by atoms with E-state index in [9.17, 15) is 14.4 Å². The first-order valence-corrected chi connectivity index (χ1v) is 12.4. The summed E-state index contributed by atoms with van der Waals surface area (Å²) in [5.41, 5.74) is 2.96. The summed E-state index contributed by atoms with van der Waals surface area (Å²) in [4.78, 5) is 44.5. The first kappa shape index (κ1) is 22.5. The van der Waals surface area contributed by atoms with Crippen molar-refractivity contribution < 1.29 is 19.1 Å². The highest BCUT2D eigenvalue weighted by Crippen LogP contribution is 2.61. The van der Waals surface area contributed by atoms with Gasteiger partial charge in [-0.3, -0.25) is 14.4 Å². The van der Waals surface area contributed by atoms with Crippen molar-refractivity contribution in [3.63, 3.8) is 0 Å². The number of para-hydroxylation sites is 1. The third-order valence-electron chi connectivity index (χ3n) is 7.93. The molecule has 5 heteroatoms. The van der Waals surface area contributed by atoms with Crippen LogP contribution in [0.15, 0.2) is 72.8 Å². The Balaban J connectivity index is 1.70. The minimum Gasteiger partial charge on any atom is -0.494 e. The van der Waals surface area contributed by atoms with E-state index < -0.39 is 23.4 Å². The van der Waals surface area contributed by atoms with Gasteiger partial charge in [-0.05, 0) is 44.0 Å². The lowest BCUT2D eigenvalue weighted by Gasteiger charge is -2.37. The second-order valence-corrected chi connectivity index (χ2v) is 9.85. The number of carbonyl (C=O) groups is 3. The van der Waals surface area contributed by atoms with Gasteiger partial charge in [0.1, 0.15) is 11.2 Å². The molecule has 0 saturated carbocycles. The molecule has 1 saturated heterocycles. The Morgan fingerprint density at radius 2 is 1.64 bits per heavy atom. The number of hydrogen-bond acceptors (Lipinski definition) is 5. The van der Waals surface area contributed by atoms with E-state index in [1.165, 1.54) is 0 Å². The Labute approximate surface area is 210 Å². The molecule has 0 aromatic heterocycles. The fourth-order valence-corrected chi connectivity index (χ4v) is 6.59. The largest absolute Gasteiger partial charge is 0.494 e. The number of benzene rings is 3. The molecule has 0 N–H and O–H groups in total. The number of anilines is 1. The van der Waals surface area contributed by atoms with Crippen LogP contribution < -0.4 is 9.64 Å². The monoisotopic (exact) mass is 477 g/mol. The third kappa shape index (κ3) is 2.80. The highest BCUT2D eigenvalue weighted by Gasteiger charge is 2.71. The van der Waals surface area contributed by atoms with E-state index in [4.69, 9.17) is 4.74 Å². The average molecular weight is 478 g/mol. The number of ether oxygens (including phenoxy) is 1. The number of Topliss-reactive ketones (excluding diaryl/α,β-unsaturated/α-hetero) is 3. The van der Waals surface area contributed by atoms with E-state index >= 15 is 0 Å². The molecule has 5 nitrogen and oxygen atoms in total. The van der Waals surface area contributed by atoms with Gasteiger partial charge in [0.25, 0.3) is 0 Å². The molecule has 180 valence electrons. The maximum atomic E-state index is 14.5. The van der Waals surface area contributed by atoms with Crippen LogP contribution in [0.5, 0.6) is 5.75 Å². The second-order valence-electron chi connectivity index (χ2n) is 9.85. The van der Waals surface area contributed by atoms with Crippen molar-refractivity contribution in [1.29, 1.82) is 0 Å². The molecular formula is C31H27NO4. The number of ketones is 3. The Bertz CT molecular complexity index is 1430. The number of aryl methyl sites for hydroxylation is 1. The first-order chi connectivity index (χ1) is 17.4. The SMILES string of the molecule is CCOc1ccccc1[C@H]1[C@H](C(C)=O)N2c3cc(C)ccc3C=CC2C12C(=O)c1ccccc1C2=O. The molecule has 3 atom stereocenters. The standard InChI is InChI=1S/C31H27NO4/c1-4-36-25-12-8-7-11-23(25)27-28(19(3)33)32-24-17-18(2)13-14-20(24)15-16-26(32)31(27)29(34)21-9-5-6-10-22(21)30(31)35/h5-17,26-28H,4H2,1-3H3/t26?,27-,28-/m0/s1. The van der Waals surface area contributed by atoms with Crippen LogP contribution in [-0.4, -0.2) is 36.0 Å². The van der Waals surface area contributed by atoms with Crippen molar-refractivity contribution in [2.24, 2.45) is 5.41 Å². The van der Waals surface area contributed by atoms with Crippen LogP contribution in [0.3, 0.4) is 0 Å². The molecule has 3 aromatic carbocycles. The Hall–Kier alpha value is -3.99. The predicted molar refractivity (Wildman–Crippen MR) is 139 cm³/mol. The third-order valence-corrected chi connectivity index (χ3v) is 7.93. The minimum absolute atomic E-state index is 0.0903. The van der Waals surface area contributed by atoms with Crippen molar-refractivity contribution in [2.75, 3.05) is 11.5 Å². The summed E-state index contributed by atoms with van der Waals surface area (Å²) >= 11 is 0. The molecule has 1 unspecified atom stereocenters. The zero-order chi connectivity index (χ0) is 25.2. The summed E-state index contributed by atoms with van der Waals surface area (Å²) in [5, 5.41) is 0. The first-order valence-electron chi connectivity index (χ1n) is 12.4. The summed E-state index contributed by atoms with van der Waals surface area (Å²) in [6.45, 7) is 5.89. The summed E-state index contributed by atoms with van der Waals surface area (Å²) in [6.07, 6.45) is 3.92. The van der Waals surface area contributed by atoms with Gasteiger partial charge in [-0.25, -0.2) is 0 Å². The van der Waals surface area contributed by atoms with Crippen LogP contribution >= 0.6 is 0 Å². The van der Waals surface area contributed by atoms with Crippen molar-refractivity contribution in [2.45, 2.75) is 38.8 Å². The van der Waals surface area contributed by atoms with Crippen molar-refractivity contribution >= 4 is 29.1 Å². The molecule has 3 aromatic rings. The fourth-order valence-electron chi connectivity index (χ4n) is 6.59.